The second-order valence-corrected chi connectivity index (χ2v) is 15.9. The Morgan fingerprint density at radius 1 is 0.720 bits per heavy atom. The van der Waals surface area contributed by atoms with Crippen molar-refractivity contribution in [3.63, 3.8) is 0 Å². The van der Waals surface area contributed by atoms with E-state index in [-0.39, 0.29) is 0 Å². The molecule has 3 nitrogen and oxygen atoms in total. The number of hydrogen-bond donors (Lipinski definition) is 0. The molecule has 6 aromatic rings. The third-order valence-corrected chi connectivity index (χ3v) is 14.3. The van der Waals surface area contributed by atoms with Crippen molar-refractivity contribution in [2.24, 2.45) is 0 Å². The number of ether oxygens (including phenoxy) is 1. The van der Waals surface area contributed by atoms with Gasteiger partial charge >= 0.3 is 281 Å². The zero-order valence-corrected chi connectivity index (χ0v) is 31.4. The van der Waals surface area contributed by atoms with Gasteiger partial charge in [0.1, 0.15) is 0 Å². The van der Waals surface area contributed by atoms with Crippen LogP contribution >= 0.6 is 7.26 Å². The van der Waals surface area contributed by atoms with Crippen molar-refractivity contribution < 1.29 is 22.7 Å². The Hall–Kier alpha value is -4.97. The van der Waals surface area contributed by atoms with E-state index in [1.54, 1.807) is 17.9 Å². The molecule has 0 bridgehead atoms. The first-order chi connectivity index (χ1) is 24.6. The van der Waals surface area contributed by atoms with Gasteiger partial charge < -0.3 is 0 Å². The van der Waals surface area contributed by atoms with Crippen molar-refractivity contribution in [2.45, 2.75) is 13.8 Å². The first kappa shape index (κ1) is 33.5. The Morgan fingerprint density at radius 2 is 1.28 bits per heavy atom. The number of allylic oxidation sites excluding steroid dienone is 5. The number of benzene rings is 4. The van der Waals surface area contributed by atoms with E-state index >= 15 is 0 Å². The molecule has 1 fully saturated rings. The van der Waals surface area contributed by atoms with E-state index in [4.69, 9.17) is 14.7 Å². The van der Waals surface area contributed by atoms with Gasteiger partial charge in [0, 0.05) is 0 Å². The molecular weight excluding hydrogens is 806 g/mol. The van der Waals surface area contributed by atoms with E-state index in [0.29, 0.717) is 13.2 Å². The maximum atomic E-state index is 5.94. The summed E-state index contributed by atoms with van der Waals surface area (Å²) in [6, 6.07) is 41.1. The van der Waals surface area contributed by atoms with Crippen LogP contribution in [0.15, 0.2) is 168 Å². The second-order valence-electron chi connectivity index (χ2n) is 12.0. The van der Waals surface area contributed by atoms with Crippen molar-refractivity contribution in [1.29, 1.82) is 0 Å². The molecule has 1 aliphatic heterocycles. The SMILES string of the molecule is CC=C1COCC1=CC(C#Cc1cnc2c(ccc3cc(/C=C/C)cnc32)c1)=C([C]#[Os])[P+](c1ccccc1)(c1ccccc1)c1ccccc1. The van der Waals surface area contributed by atoms with Gasteiger partial charge in [0.15, 0.2) is 0 Å². The molecule has 243 valence electrons. The van der Waals surface area contributed by atoms with Crippen LogP contribution in [-0.2, 0) is 22.7 Å². The van der Waals surface area contributed by atoms with Crippen LogP contribution in [-0.4, -0.2) is 23.2 Å². The first-order valence-corrected chi connectivity index (χ1v) is 19.6. The van der Waals surface area contributed by atoms with Crippen LogP contribution in [0, 0.1) is 16.2 Å². The molecule has 7 rings (SSSR count). The molecule has 2 aromatic heterocycles. The summed E-state index contributed by atoms with van der Waals surface area (Å²) in [6.45, 7) is 5.23. The quantitative estimate of drug-likeness (QED) is 0.0957. The summed E-state index contributed by atoms with van der Waals surface area (Å²) < 4.78 is 9.71. The Labute approximate surface area is 304 Å². The summed E-state index contributed by atoms with van der Waals surface area (Å²) in [5, 5.41) is 6.93. The number of aromatic nitrogens is 2. The fourth-order valence-electron chi connectivity index (χ4n) is 6.58. The van der Waals surface area contributed by atoms with Crippen molar-refractivity contribution in [1.82, 2.24) is 9.97 Å². The molecule has 0 radical (unpaired) electrons. The summed E-state index contributed by atoms with van der Waals surface area (Å²) in [6.07, 6.45) is 12.2. The van der Waals surface area contributed by atoms with Crippen molar-refractivity contribution in [2.75, 3.05) is 13.2 Å². The Balaban J connectivity index is 1.49. The fraction of sp³-hybridized carbons (Fsp3) is 0.0889. The van der Waals surface area contributed by atoms with Gasteiger partial charge in [-0.25, -0.2) is 0 Å². The van der Waals surface area contributed by atoms with Gasteiger partial charge in [0.25, 0.3) is 0 Å². The molecule has 1 saturated heterocycles. The average Bonchev–Trinajstić information content (AvgIpc) is 3.63. The van der Waals surface area contributed by atoms with Crippen LogP contribution in [0.25, 0.3) is 27.9 Å². The van der Waals surface area contributed by atoms with Crippen molar-refractivity contribution in [3.05, 3.63) is 179 Å². The fourth-order valence-corrected chi connectivity index (χ4v) is 12.3. The number of fused-ring (bicyclic) bond motifs is 3. The van der Waals surface area contributed by atoms with E-state index in [1.165, 1.54) is 21.5 Å². The summed E-state index contributed by atoms with van der Waals surface area (Å²) in [5.74, 6) is 7.21. The van der Waals surface area contributed by atoms with E-state index in [1.807, 2.05) is 25.4 Å². The summed E-state index contributed by atoms with van der Waals surface area (Å²) >= 11 is 1.77. The summed E-state index contributed by atoms with van der Waals surface area (Å²) in [4.78, 5) is 9.66. The molecule has 0 unspecified atom stereocenters. The molecule has 0 atom stereocenters. The van der Waals surface area contributed by atoms with Crippen molar-refractivity contribution >= 4 is 51.1 Å². The molecule has 0 saturated carbocycles. The maximum absolute atomic E-state index is 5.94. The predicted molar refractivity (Wildman–Crippen MR) is 207 cm³/mol. The molecule has 3 heterocycles. The van der Waals surface area contributed by atoms with Gasteiger partial charge in [-0.05, 0) is 12.5 Å². The number of pyridine rings is 2. The normalized spacial score (nSPS) is 15.3. The molecule has 50 heavy (non-hydrogen) atoms. The van der Waals surface area contributed by atoms with E-state index in [9.17, 15) is 0 Å². The Bertz CT molecular complexity index is 2330. The van der Waals surface area contributed by atoms with E-state index < -0.39 is 7.26 Å². The van der Waals surface area contributed by atoms with Crippen LogP contribution in [0.5, 0.6) is 0 Å². The number of nitrogens with zero attached hydrogens (tertiary/aromatic N) is 2. The zero-order valence-electron chi connectivity index (χ0n) is 28.0. The Morgan fingerprint density at radius 3 is 1.84 bits per heavy atom. The third kappa shape index (κ3) is 6.51. The van der Waals surface area contributed by atoms with Crippen LogP contribution in [0.2, 0.25) is 0 Å². The number of hydrogen-bond acceptors (Lipinski definition) is 3. The van der Waals surface area contributed by atoms with Gasteiger partial charge in [-0.3, -0.25) is 0 Å². The van der Waals surface area contributed by atoms with Gasteiger partial charge in [-0.15, -0.1) is 0 Å². The van der Waals surface area contributed by atoms with Gasteiger partial charge in [-0.1, -0.05) is 12.2 Å². The average molecular weight is 841 g/mol. The topological polar surface area (TPSA) is 35.0 Å². The summed E-state index contributed by atoms with van der Waals surface area (Å²) in [7, 11) is -2.46. The molecule has 0 amide bonds. The summed E-state index contributed by atoms with van der Waals surface area (Å²) in [5.41, 5.74) is 6.95. The molecular formula is C45H35N2OOsP+. The van der Waals surface area contributed by atoms with Crippen LogP contribution in [0.4, 0.5) is 0 Å². The zero-order chi connectivity index (χ0) is 34.3. The number of rotatable bonds is 6. The Kier molecular flexibility index (Phi) is 10.2. The van der Waals surface area contributed by atoms with Crippen molar-refractivity contribution in [3.8, 4) is 16.2 Å². The van der Waals surface area contributed by atoms with E-state index in [2.05, 4.69) is 157 Å². The minimum absolute atomic E-state index is 0.547. The van der Waals surface area contributed by atoms with Gasteiger partial charge in [0.05, 0.1) is 0 Å². The van der Waals surface area contributed by atoms with Crippen LogP contribution < -0.4 is 15.9 Å². The molecule has 0 N–H and O–H groups in total. The molecule has 0 spiro atoms. The van der Waals surface area contributed by atoms with Gasteiger partial charge in [-0.2, -0.15) is 0 Å². The standard InChI is InChI=1S/C45H35N2OP.Os/c1-4-15-34-26-38-24-25-39-27-35(30-47-45(39)44(38)46-29-34)22-23-37(28-40-32-48-31-36(40)5-2)33(3)49(41-16-9-6-10-17-41,42-18-11-7-12-19-42)43-20-13-8-14-21-43;/h4-21,24-30H,31-32H2,1-2H3;/q+1;/b15-4+,36-5?,37-33?,40-28?;. The first-order valence-electron chi connectivity index (χ1n) is 16.6. The van der Waals surface area contributed by atoms with E-state index in [0.717, 1.165) is 49.4 Å². The molecule has 5 heteroatoms. The monoisotopic (exact) mass is 842 g/mol. The predicted octanol–water partition coefficient (Wildman–Crippen LogP) is 8.82. The van der Waals surface area contributed by atoms with Gasteiger partial charge in [0.2, 0.25) is 0 Å². The van der Waals surface area contributed by atoms with Crippen LogP contribution in [0.3, 0.4) is 0 Å². The second kappa shape index (κ2) is 15.3. The molecule has 0 aliphatic carbocycles. The minimum atomic E-state index is -2.46. The molecule has 4 aromatic carbocycles. The third-order valence-electron chi connectivity index (χ3n) is 8.92. The van der Waals surface area contributed by atoms with Crippen LogP contribution in [0.1, 0.15) is 25.0 Å². The molecule has 1 aliphatic rings.